The summed E-state index contributed by atoms with van der Waals surface area (Å²) in [6.45, 7) is 23.0. The van der Waals surface area contributed by atoms with Crippen LogP contribution in [-0.2, 0) is 18.9 Å². The van der Waals surface area contributed by atoms with Crippen molar-refractivity contribution in [1.29, 1.82) is 0 Å². The van der Waals surface area contributed by atoms with Crippen LogP contribution in [0, 0.1) is 11.3 Å². The topological polar surface area (TPSA) is 36.9 Å². The maximum atomic E-state index is 14.8. The summed E-state index contributed by atoms with van der Waals surface area (Å²) < 4.78 is 68.4. The highest BCUT2D eigenvalue weighted by atomic mass is 19.3. The fourth-order valence-electron chi connectivity index (χ4n) is 3.97. The molecule has 0 aliphatic heterocycles. The third-order valence-electron chi connectivity index (χ3n) is 6.87. The molecular formula is C28H55F3O4. The monoisotopic (exact) mass is 512 g/mol. The summed E-state index contributed by atoms with van der Waals surface area (Å²) in [5.74, 6) is -3.22. The third-order valence-corrected chi connectivity index (χ3v) is 6.87. The predicted molar refractivity (Wildman–Crippen MR) is 138 cm³/mol. The smallest absolute Gasteiger partial charge is 0.288 e. The van der Waals surface area contributed by atoms with Gasteiger partial charge in [0, 0.05) is 0 Å². The standard InChI is InChI=1S/C28H55F3O4/c1-14-24(7,8)33-17-16-27(13,15-2)34-19-22(35-25(9,10)18-21(3)4)32-20-23(5,6)28(30,31)26(11,12)29/h21-22H,14-20H2,1-13H3. The van der Waals surface area contributed by atoms with Crippen molar-refractivity contribution in [2.75, 3.05) is 19.8 Å². The molecule has 0 aliphatic rings. The molecule has 0 aromatic heterocycles. The van der Waals surface area contributed by atoms with Gasteiger partial charge in [0.05, 0.1) is 42.0 Å². The van der Waals surface area contributed by atoms with E-state index in [-0.39, 0.29) is 18.8 Å². The van der Waals surface area contributed by atoms with Crippen LogP contribution in [0.3, 0.4) is 0 Å². The average molecular weight is 513 g/mol. The minimum Gasteiger partial charge on any atom is -0.375 e. The molecule has 0 N–H and O–H groups in total. The van der Waals surface area contributed by atoms with Gasteiger partial charge in [0.2, 0.25) is 0 Å². The van der Waals surface area contributed by atoms with Gasteiger partial charge in [-0.3, -0.25) is 0 Å². The molecule has 0 heterocycles. The largest absolute Gasteiger partial charge is 0.375 e. The van der Waals surface area contributed by atoms with Gasteiger partial charge in [0.1, 0.15) is 0 Å². The molecule has 0 spiro atoms. The lowest BCUT2D eigenvalue weighted by molar-refractivity contribution is -0.270. The molecule has 0 saturated carbocycles. The van der Waals surface area contributed by atoms with E-state index in [1.54, 1.807) is 0 Å². The summed E-state index contributed by atoms with van der Waals surface area (Å²) in [7, 11) is 0. The normalized spacial score (nSPS) is 17.1. The molecule has 0 radical (unpaired) electrons. The quantitative estimate of drug-likeness (QED) is 0.173. The Morgan fingerprint density at radius 2 is 1.29 bits per heavy atom. The van der Waals surface area contributed by atoms with E-state index in [1.165, 1.54) is 13.8 Å². The average Bonchev–Trinajstić information content (AvgIpc) is 2.67. The molecule has 0 rings (SSSR count). The van der Waals surface area contributed by atoms with Gasteiger partial charge in [-0.2, -0.15) is 0 Å². The summed E-state index contributed by atoms with van der Waals surface area (Å²) in [5, 5.41) is 0. The van der Waals surface area contributed by atoms with Gasteiger partial charge < -0.3 is 18.9 Å². The molecule has 0 bridgehead atoms. The van der Waals surface area contributed by atoms with Gasteiger partial charge in [-0.25, -0.2) is 13.2 Å². The van der Waals surface area contributed by atoms with E-state index in [0.29, 0.717) is 18.9 Å². The van der Waals surface area contributed by atoms with Crippen molar-refractivity contribution in [2.24, 2.45) is 11.3 Å². The summed E-state index contributed by atoms with van der Waals surface area (Å²) in [6.07, 6.45) is 2.20. The molecule has 0 aromatic carbocycles. The Kier molecular flexibility index (Phi) is 12.8. The number of alkyl halides is 3. The van der Waals surface area contributed by atoms with E-state index in [0.717, 1.165) is 33.1 Å². The maximum absolute atomic E-state index is 14.8. The van der Waals surface area contributed by atoms with Gasteiger partial charge in [0.15, 0.2) is 12.0 Å². The minimum absolute atomic E-state index is 0.0731. The summed E-state index contributed by atoms with van der Waals surface area (Å²) >= 11 is 0. The van der Waals surface area contributed by atoms with Crippen molar-refractivity contribution in [2.45, 2.75) is 150 Å². The van der Waals surface area contributed by atoms with Gasteiger partial charge >= 0.3 is 0 Å². The first-order valence-corrected chi connectivity index (χ1v) is 13.2. The van der Waals surface area contributed by atoms with E-state index in [4.69, 9.17) is 18.9 Å². The SMILES string of the molecule is CCC(C)(C)OCCC(C)(CC)OCC(OCC(C)(C)C(F)(F)C(C)(C)F)OC(C)(C)CC(C)C. The van der Waals surface area contributed by atoms with E-state index in [1.807, 2.05) is 27.7 Å². The van der Waals surface area contributed by atoms with Crippen molar-refractivity contribution < 1.29 is 32.1 Å². The fraction of sp³-hybridized carbons (Fsp3) is 1.00. The number of hydrogen-bond donors (Lipinski definition) is 0. The lowest BCUT2D eigenvalue weighted by atomic mass is 9.79. The van der Waals surface area contributed by atoms with E-state index in [9.17, 15) is 13.2 Å². The molecule has 0 aliphatic carbocycles. The van der Waals surface area contributed by atoms with Crippen LogP contribution < -0.4 is 0 Å². The van der Waals surface area contributed by atoms with Gasteiger partial charge in [-0.1, -0.05) is 41.5 Å². The Balaban J connectivity index is 5.49. The van der Waals surface area contributed by atoms with Crippen LogP contribution in [0.2, 0.25) is 0 Å². The van der Waals surface area contributed by atoms with Crippen LogP contribution in [0.25, 0.3) is 0 Å². The fourth-order valence-corrected chi connectivity index (χ4v) is 3.97. The number of halogens is 3. The zero-order valence-corrected chi connectivity index (χ0v) is 24.9. The van der Waals surface area contributed by atoms with E-state index in [2.05, 4.69) is 34.6 Å². The Bertz CT molecular complexity index is 612. The third kappa shape index (κ3) is 11.7. The van der Waals surface area contributed by atoms with Crippen molar-refractivity contribution in [1.82, 2.24) is 0 Å². The predicted octanol–water partition coefficient (Wildman–Crippen LogP) is 8.36. The van der Waals surface area contributed by atoms with Crippen LogP contribution >= 0.6 is 0 Å². The molecule has 0 fully saturated rings. The van der Waals surface area contributed by atoms with Gasteiger partial charge in [-0.05, 0) is 80.1 Å². The highest BCUT2D eigenvalue weighted by molar-refractivity contribution is 4.97. The summed E-state index contributed by atoms with van der Waals surface area (Å²) in [6, 6.07) is 0. The molecule has 2 atom stereocenters. The van der Waals surface area contributed by atoms with Gasteiger partial charge in [-0.15, -0.1) is 0 Å². The van der Waals surface area contributed by atoms with E-state index < -0.39 is 34.5 Å². The van der Waals surface area contributed by atoms with Crippen molar-refractivity contribution in [3.63, 3.8) is 0 Å². The van der Waals surface area contributed by atoms with Crippen molar-refractivity contribution >= 4 is 0 Å². The molecule has 35 heavy (non-hydrogen) atoms. The molecule has 2 unspecified atom stereocenters. The first kappa shape index (κ1) is 34.6. The summed E-state index contributed by atoms with van der Waals surface area (Å²) in [4.78, 5) is 0. The zero-order chi connectivity index (χ0) is 27.9. The lowest BCUT2D eigenvalue weighted by Gasteiger charge is -2.41. The molecule has 0 amide bonds. The minimum atomic E-state index is -3.60. The molecular weight excluding hydrogens is 457 g/mol. The molecule has 0 saturated heterocycles. The molecule has 7 heteroatoms. The van der Waals surface area contributed by atoms with Gasteiger partial charge in [0.25, 0.3) is 5.92 Å². The van der Waals surface area contributed by atoms with Crippen LogP contribution in [0.5, 0.6) is 0 Å². The van der Waals surface area contributed by atoms with E-state index >= 15 is 0 Å². The number of rotatable bonds is 18. The molecule has 212 valence electrons. The van der Waals surface area contributed by atoms with Crippen LogP contribution in [0.15, 0.2) is 0 Å². The number of hydrogen-bond acceptors (Lipinski definition) is 4. The zero-order valence-electron chi connectivity index (χ0n) is 24.9. The lowest BCUT2D eigenvalue weighted by Crippen LogP contribution is -2.53. The second-order valence-corrected chi connectivity index (χ2v) is 13.0. The Morgan fingerprint density at radius 1 is 0.743 bits per heavy atom. The number of ether oxygens (including phenoxy) is 4. The maximum Gasteiger partial charge on any atom is 0.288 e. The highest BCUT2D eigenvalue weighted by Gasteiger charge is 2.58. The van der Waals surface area contributed by atoms with Crippen LogP contribution in [0.1, 0.15) is 116 Å². The van der Waals surface area contributed by atoms with Crippen LogP contribution in [0.4, 0.5) is 13.2 Å². The summed E-state index contributed by atoms with van der Waals surface area (Å²) in [5.41, 5.74) is -5.67. The van der Waals surface area contributed by atoms with Crippen molar-refractivity contribution in [3.8, 4) is 0 Å². The molecule has 4 nitrogen and oxygen atoms in total. The second-order valence-electron chi connectivity index (χ2n) is 13.0. The second kappa shape index (κ2) is 12.9. The Hall–Kier alpha value is -0.370. The van der Waals surface area contributed by atoms with Crippen LogP contribution in [-0.4, -0.2) is 54.5 Å². The highest BCUT2D eigenvalue weighted by Crippen LogP contribution is 2.46. The Morgan fingerprint density at radius 3 is 1.71 bits per heavy atom. The molecule has 0 aromatic rings. The first-order valence-electron chi connectivity index (χ1n) is 13.2. The first-order chi connectivity index (χ1) is 15.5. The van der Waals surface area contributed by atoms with Crippen molar-refractivity contribution in [3.05, 3.63) is 0 Å². The Labute approximate surface area is 214 Å².